The molecule has 0 bridgehead atoms. The molecule has 0 fully saturated rings. The molecule has 0 aliphatic rings. The summed E-state index contributed by atoms with van der Waals surface area (Å²) in [6.07, 6.45) is 1.19. The van der Waals surface area contributed by atoms with Gasteiger partial charge >= 0.3 is 6.09 Å². The quantitative estimate of drug-likeness (QED) is 0.385. The van der Waals surface area contributed by atoms with Crippen molar-refractivity contribution in [3.05, 3.63) is 62.5 Å². The van der Waals surface area contributed by atoms with Gasteiger partial charge < -0.3 is 9.47 Å². The van der Waals surface area contributed by atoms with Crippen molar-refractivity contribution in [1.82, 2.24) is 14.9 Å². The monoisotopic (exact) mass is 534 g/mol. The maximum atomic E-state index is 14.1. The van der Waals surface area contributed by atoms with Gasteiger partial charge in [0.25, 0.3) is 0 Å². The summed E-state index contributed by atoms with van der Waals surface area (Å²) in [7, 11) is 2.65. The smallest absolute Gasteiger partial charge is 0.429 e. The maximum Gasteiger partial charge on any atom is 0.429 e. The van der Waals surface area contributed by atoms with Crippen LogP contribution < -0.4 is 15.2 Å². The molecule has 0 aliphatic heterocycles. The molecule has 0 radical (unpaired) electrons. The van der Waals surface area contributed by atoms with E-state index in [0.29, 0.717) is 11.4 Å². The van der Waals surface area contributed by atoms with E-state index >= 15 is 0 Å². The van der Waals surface area contributed by atoms with E-state index in [1.807, 2.05) is 6.92 Å². The van der Waals surface area contributed by atoms with Crippen LogP contribution in [0.15, 0.2) is 29.2 Å². The standard InChI is InChI=1S/C25H28F2N4O5S/c1-7-8-18(32)20-22(35-6)21(33)16(13-31(20)30(5)24(34)36-25(2,3)4)23-29-28-19(37-23)11-14-9-10-15(26)12-17(14)27/h9-10,12-13H,7-8,11H2,1-6H3. The van der Waals surface area contributed by atoms with Gasteiger partial charge in [-0.1, -0.05) is 24.3 Å². The van der Waals surface area contributed by atoms with E-state index < -0.39 is 34.5 Å². The third-order valence-corrected chi connectivity index (χ3v) is 6.08. The van der Waals surface area contributed by atoms with Gasteiger partial charge in [0.15, 0.2) is 22.2 Å². The minimum Gasteiger partial charge on any atom is -0.491 e. The molecule has 2 aromatic heterocycles. The van der Waals surface area contributed by atoms with Crippen molar-refractivity contribution in [2.24, 2.45) is 0 Å². The number of amides is 1. The summed E-state index contributed by atoms with van der Waals surface area (Å²) in [5.74, 6) is -2.08. The second kappa shape index (κ2) is 11.2. The lowest BCUT2D eigenvalue weighted by Crippen LogP contribution is -2.43. The molecule has 0 saturated carbocycles. The summed E-state index contributed by atoms with van der Waals surface area (Å²) in [5, 5.41) is 9.71. The van der Waals surface area contributed by atoms with Crippen LogP contribution in [0.2, 0.25) is 0 Å². The lowest BCUT2D eigenvalue weighted by molar-refractivity contribution is 0.0549. The van der Waals surface area contributed by atoms with E-state index in [0.717, 1.165) is 28.5 Å². The van der Waals surface area contributed by atoms with Crippen molar-refractivity contribution in [3.63, 3.8) is 0 Å². The lowest BCUT2D eigenvalue weighted by Gasteiger charge is -2.28. The van der Waals surface area contributed by atoms with Gasteiger partial charge in [0.1, 0.15) is 22.2 Å². The predicted molar refractivity (Wildman–Crippen MR) is 135 cm³/mol. The highest BCUT2D eigenvalue weighted by atomic mass is 32.1. The normalized spacial score (nSPS) is 11.4. The topological polar surface area (TPSA) is 104 Å². The zero-order chi connectivity index (χ0) is 27.5. The van der Waals surface area contributed by atoms with Crippen LogP contribution in [0.4, 0.5) is 13.6 Å². The molecule has 0 unspecified atom stereocenters. The first kappa shape index (κ1) is 27.9. The van der Waals surface area contributed by atoms with Gasteiger partial charge in [-0.25, -0.2) is 23.3 Å². The van der Waals surface area contributed by atoms with Crippen LogP contribution in [-0.4, -0.2) is 46.5 Å². The number of rotatable bonds is 8. The summed E-state index contributed by atoms with van der Waals surface area (Å²) >= 11 is 1.02. The first-order valence-corrected chi connectivity index (χ1v) is 12.3. The van der Waals surface area contributed by atoms with Gasteiger partial charge in [-0.15, -0.1) is 10.2 Å². The first-order chi connectivity index (χ1) is 17.4. The van der Waals surface area contributed by atoms with Crippen molar-refractivity contribution < 1.29 is 27.8 Å². The van der Waals surface area contributed by atoms with Crippen LogP contribution in [0.5, 0.6) is 5.75 Å². The van der Waals surface area contributed by atoms with Gasteiger partial charge in [-0.05, 0) is 38.8 Å². The zero-order valence-corrected chi connectivity index (χ0v) is 22.2. The number of carbonyl (C=O) groups is 2. The molecule has 1 amide bonds. The Bertz CT molecular complexity index is 1380. The summed E-state index contributed by atoms with van der Waals surface area (Å²) < 4.78 is 39.3. The van der Waals surface area contributed by atoms with Crippen LogP contribution in [-0.2, 0) is 11.2 Å². The van der Waals surface area contributed by atoms with Gasteiger partial charge in [0, 0.05) is 32.2 Å². The average molecular weight is 535 g/mol. The number of aromatic nitrogens is 3. The molecular formula is C25H28F2N4O5S. The molecule has 9 nitrogen and oxygen atoms in total. The van der Waals surface area contributed by atoms with Crippen LogP contribution in [0.3, 0.4) is 0 Å². The van der Waals surface area contributed by atoms with Crippen molar-refractivity contribution >= 4 is 23.2 Å². The number of carbonyl (C=O) groups excluding carboxylic acids is 2. The van der Waals surface area contributed by atoms with E-state index in [4.69, 9.17) is 9.47 Å². The molecule has 0 aliphatic carbocycles. The molecule has 198 valence electrons. The Hall–Kier alpha value is -3.67. The Morgan fingerprint density at radius 2 is 1.89 bits per heavy atom. The predicted octanol–water partition coefficient (Wildman–Crippen LogP) is 4.73. The van der Waals surface area contributed by atoms with Gasteiger partial charge in [-0.2, -0.15) is 0 Å². The van der Waals surface area contributed by atoms with Crippen molar-refractivity contribution in [1.29, 1.82) is 0 Å². The number of ether oxygens (including phenoxy) is 2. The number of Topliss-reactive ketones (excluding diaryl/α,β-unsaturated/α-hetero) is 1. The van der Waals surface area contributed by atoms with Crippen LogP contribution in [0.25, 0.3) is 10.6 Å². The third kappa shape index (κ3) is 6.37. The van der Waals surface area contributed by atoms with Crippen molar-refractivity contribution in [2.45, 2.75) is 52.6 Å². The van der Waals surface area contributed by atoms with Gasteiger partial charge in [0.2, 0.25) is 5.43 Å². The van der Waals surface area contributed by atoms with E-state index in [-0.39, 0.29) is 40.4 Å². The Balaban J connectivity index is 2.12. The fourth-order valence-corrected chi connectivity index (χ4v) is 4.30. The van der Waals surface area contributed by atoms with Gasteiger partial charge in [-0.3, -0.25) is 9.59 Å². The first-order valence-electron chi connectivity index (χ1n) is 11.5. The van der Waals surface area contributed by atoms with Crippen LogP contribution >= 0.6 is 11.3 Å². The molecule has 0 saturated heterocycles. The number of ketones is 1. The molecule has 3 rings (SSSR count). The summed E-state index contributed by atoms with van der Waals surface area (Å²) in [6, 6.07) is 3.23. The van der Waals surface area contributed by atoms with Crippen molar-refractivity contribution in [2.75, 3.05) is 19.2 Å². The molecular weight excluding hydrogens is 506 g/mol. The van der Waals surface area contributed by atoms with E-state index in [1.54, 1.807) is 20.8 Å². The largest absolute Gasteiger partial charge is 0.491 e. The molecule has 0 atom stereocenters. The lowest BCUT2D eigenvalue weighted by atomic mass is 10.1. The zero-order valence-electron chi connectivity index (χ0n) is 21.4. The Morgan fingerprint density at radius 3 is 2.49 bits per heavy atom. The number of benzene rings is 1. The number of halogens is 2. The molecule has 0 spiro atoms. The molecule has 3 aromatic rings. The van der Waals surface area contributed by atoms with Crippen LogP contribution in [0.1, 0.15) is 61.6 Å². The Morgan fingerprint density at radius 1 is 1.19 bits per heavy atom. The highest BCUT2D eigenvalue weighted by Gasteiger charge is 2.29. The fraction of sp³-hybridized carbons (Fsp3) is 0.400. The fourth-order valence-electron chi connectivity index (χ4n) is 3.44. The summed E-state index contributed by atoms with van der Waals surface area (Å²) in [6.45, 7) is 6.91. The number of methoxy groups -OCH3 is 1. The van der Waals surface area contributed by atoms with E-state index in [9.17, 15) is 23.2 Å². The molecule has 12 heteroatoms. The Labute approximate surface area is 216 Å². The minimum absolute atomic E-state index is 0.0173. The average Bonchev–Trinajstić information content (AvgIpc) is 3.27. The molecule has 1 aromatic carbocycles. The number of hydrogen-bond acceptors (Lipinski definition) is 8. The van der Waals surface area contributed by atoms with E-state index in [1.165, 1.54) is 31.1 Å². The SMILES string of the molecule is CCCC(=O)c1c(OC)c(=O)c(-c2nnc(Cc3ccc(F)cc3F)s2)cn1N(C)C(=O)OC(C)(C)C. The second-order valence-corrected chi connectivity index (χ2v) is 10.3. The molecule has 2 heterocycles. The molecule has 37 heavy (non-hydrogen) atoms. The highest BCUT2D eigenvalue weighted by Crippen LogP contribution is 2.28. The maximum absolute atomic E-state index is 14.1. The van der Waals surface area contributed by atoms with Gasteiger partial charge in [0.05, 0.1) is 12.7 Å². The highest BCUT2D eigenvalue weighted by molar-refractivity contribution is 7.14. The summed E-state index contributed by atoms with van der Waals surface area (Å²) in [4.78, 5) is 39.2. The Kier molecular flexibility index (Phi) is 8.42. The number of pyridine rings is 1. The van der Waals surface area contributed by atoms with Crippen molar-refractivity contribution in [3.8, 4) is 16.3 Å². The molecule has 0 N–H and O–H groups in total. The second-order valence-electron chi connectivity index (χ2n) is 9.19. The number of nitrogens with zero attached hydrogens (tertiary/aromatic N) is 4. The van der Waals surface area contributed by atoms with E-state index in [2.05, 4.69) is 10.2 Å². The summed E-state index contributed by atoms with van der Waals surface area (Å²) in [5.41, 5.74) is -1.31. The minimum atomic E-state index is -0.811. The third-order valence-electron chi connectivity index (χ3n) is 5.13. The van der Waals surface area contributed by atoms with Crippen LogP contribution in [0, 0.1) is 11.6 Å². The number of hydrogen-bond donors (Lipinski definition) is 0.